The number of amides is 1. The summed E-state index contributed by atoms with van der Waals surface area (Å²) in [7, 11) is 0. The summed E-state index contributed by atoms with van der Waals surface area (Å²) in [6.45, 7) is -0.446. The monoisotopic (exact) mass is 289 g/mol. The van der Waals surface area contributed by atoms with Crippen molar-refractivity contribution in [2.75, 3.05) is 13.2 Å². The molecule has 0 bridgehead atoms. The number of phenols is 1. The summed E-state index contributed by atoms with van der Waals surface area (Å²) in [5.41, 5.74) is 0.283. The molecule has 0 aliphatic carbocycles. The quantitative estimate of drug-likeness (QED) is 0.639. The Morgan fingerprint density at radius 3 is 2.75 bits per heavy atom. The highest BCUT2D eigenvalue weighted by Gasteiger charge is 2.09. The van der Waals surface area contributed by atoms with E-state index in [1.54, 1.807) is 6.07 Å². The van der Waals surface area contributed by atoms with E-state index in [0.717, 1.165) is 0 Å². The van der Waals surface area contributed by atoms with E-state index in [2.05, 4.69) is 21.2 Å². The molecule has 1 atom stereocenters. The minimum atomic E-state index is -0.979. The summed E-state index contributed by atoms with van der Waals surface area (Å²) < 4.78 is 0.499. The molecule has 1 unspecified atom stereocenters. The Kier molecular flexibility index (Phi) is 4.72. The molecule has 0 aliphatic rings. The average Bonchev–Trinajstić information content (AvgIpc) is 2.29. The first kappa shape index (κ1) is 13.0. The lowest BCUT2D eigenvalue weighted by Gasteiger charge is -2.09. The van der Waals surface area contributed by atoms with Gasteiger partial charge in [-0.3, -0.25) is 4.79 Å². The maximum Gasteiger partial charge on any atom is 0.251 e. The number of benzene rings is 1. The molecule has 0 radical (unpaired) electrons. The number of halogens is 1. The van der Waals surface area contributed by atoms with Gasteiger partial charge in [-0.05, 0) is 34.1 Å². The molecule has 0 heterocycles. The van der Waals surface area contributed by atoms with Crippen molar-refractivity contribution in [2.45, 2.75) is 6.10 Å². The van der Waals surface area contributed by atoms with Gasteiger partial charge in [0, 0.05) is 12.1 Å². The number of hydrogen-bond donors (Lipinski definition) is 4. The molecule has 1 rings (SSSR count). The van der Waals surface area contributed by atoms with E-state index in [9.17, 15) is 9.90 Å². The van der Waals surface area contributed by atoms with E-state index in [0.29, 0.717) is 4.47 Å². The number of aromatic hydroxyl groups is 1. The molecule has 0 saturated heterocycles. The predicted molar refractivity (Wildman–Crippen MR) is 61.2 cm³/mol. The summed E-state index contributed by atoms with van der Waals surface area (Å²) >= 11 is 3.10. The van der Waals surface area contributed by atoms with Gasteiger partial charge in [0.05, 0.1) is 17.2 Å². The number of carbonyl (C=O) groups is 1. The van der Waals surface area contributed by atoms with Gasteiger partial charge in [-0.15, -0.1) is 0 Å². The van der Waals surface area contributed by atoms with Crippen molar-refractivity contribution in [3.8, 4) is 5.75 Å². The van der Waals surface area contributed by atoms with E-state index in [1.807, 2.05) is 0 Å². The Balaban J connectivity index is 2.63. The van der Waals surface area contributed by atoms with E-state index in [4.69, 9.17) is 10.2 Å². The van der Waals surface area contributed by atoms with Crippen molar-refractivity contribution >= 4 is 21.8 Å². The third-order valence-electron chi connectivity index (χ3n) is 1.92. The van der Waals surface area contributed by atoms with Crippen LogP contribution in [0, 0.1) is 0 Å². The van der Waals surface area contributed by atoms with Crippen molar-refractivity contribution in [2.24, 2.45) is 0 Å². The van der Waals surface area contributed by atoms with Crippen LogP contribution in [0.2, 0.25) is 0 Å². The number of carbonyl (C=O) groups excluding carboxylic acids is 1. The molecule has 1 amide bonds. The van der Waals surface area contributed by atoms with E-state index in [-0.39, 0.29) is 17.9 Å². The highest BCUT2D eigenvalue weighted by atomic mass is 79.9. The molecule has 88 valence electrons. The molecular weight excluding hydrogens is 278 g/mol. The van der Waals surface area contributed by atoms with Crippen LogP contribution in [0.5, 0.6) is 5.75 Å². The Labute approximate surface area is 101 Å². The van der Waals surface area contributed by atoms with Crippen LogP contribution in [-0.2, 0) is 0 Å². The molecule has 0 aliphatic heterocycles. The molecule has 0 aromatic heterocycles. The highest BCUT2D eigenvalue weighted by Crippen LogP contribution is 2.24. The van der Waals surface area contributed by atoms with Crippen LogP contribution in [-0.4, -0.2) is 40.5 Å². The number of aliphatic hydroxyl groups excluding tert-OH is 2. The maximum atomic E-state index is 11.5. The fourth-order valence-corrected chi connectivity index (χ4v) is 1.28. The van der Waals surface area contributed by atoms with Gasteiger partial charge >= 0.3 is 0 Å². The summed E-state index contributed by atoms with van der Waals surface area (Å²) in [6, 6.07) is 4.39. The number of aliphatic hydroxyl groups is 2. The van der Waals surface area contributed by atoms with Crippen molar-refractivity contribution in [3.63, 3.8) is 0 Å². The minimum absolute atomic E-state index is 0.0321. The first-order valence-corrected chi connectivity index (χ1v) is 5.39. The lowest BCUT2D eigenvalue weighted by Crippen LogP contribution is -2.33. The molecule has 1 aromatic rings. The molecule has 16 heavy (non-hydrogen) atoms. The second-order valence-electron chi connectivity index (χ2n) is 3.21. The average molecular weight is 290 g/mol. The van der Waals surface area contributed by atoms with Gasteiger partial charge in [0.15, 0.2) is 0 Å². The number of phenolic OH excluding ortho intramolecular Hbond substituents is 1. The predicted octanol–water partition coefficient (Wildman–Crippen LogP) is 0.238. The van der Waals surface area contributed by atoms with E-state index < -0.39 is 18.6 Å². The van der Waals surface area contributed by atoms with E-state index >= 15 is 0 Å². The standard InChI is InChI=1S/C10H12BrNO4/c11-8-2-1-6(3-9(8)15)10(16)12-4-7(14)5-13/h1-3,7,13-15H,4-5H2,(H,12,16). The molecule has 4 N–H and O–H groups in total. The Morgan fingerprint density at radius 2 is 2.19 bits per heavy atom. The van der Waals surface area contributed by atoms with Gasteiger partial charge in [-0.25, -0.2) is 0 Å². The summed E-state index contributed by atoms with van der Waals surface area (Å²) in [5, 5.41) is 29.4. The maximum absolute atomic E-state index is 11.5. The number of hydrogen-bond acceptors (Lipinski definition) is 4. The number of nitrogens with one attached hydrogen (secondary N) is 1. The lowest BCUT2D eigenvalue weighted by molar-refractivity contribution is 0.0801. The third-order valence-corrected chi connectivity index (χ3v) is 2.59. The molecule has 0 saturated carbocycles. The Bertz CT molecular complexity index is 383. The van der Waals surface area contributed by atoms with Crippen LogP contribution in [0.3, 0.4) is 0 Å². The first-order chi connectivity index (χ1) is 7.54. The molecular formula is C10H12BrNO4. The SMILES string of the molecule is O=C(NCC(O)CO)c1ccc(Br)c(O)c1. The molecule has 0 spiro atoms. The zero-order valence-electron chi connectivity index (χ0n) is 8.35. The second-order valence-corrected chi connectivity index (χ2v) is 4.07. The second kappa shape index (κ2) is 5.83. The molecule has 5 nitrogen and oxygen atoms in total. The zero-order valence-corrected chi connectivity index (χ0v) is 9.94. The summed E-state index contributed by atoms with van der Waals surface area (Å²) in [6.07, 6.45) is -0.979. The fourth-order valence-electron chi connectivity index (χ4n) is 1.03. The van der Waals surface area contributed by atoms with Crippen molar-refractivity contribution in [3.05, 3.63) is 28.2 Å². The normalized spacial score (nSPS) is 12.2. The van der Waals surface area contributed by atoms with Gasteiger partial charge in [-0.2, -0.15) is 0 Å². The van der Waals surface area contributed by atoms with E-state index in [1.165, 1.54) is 12.1 Å². The van der Waals surface area contributed by atoms with Gasteiger partial charge < -0.3 is 20.6 Å². The van der Waals surface area contributed by atoms with Crippen molar-refractivity contribution in [1.82, 2.24) is 5.32 Å². The highest BCUT2D eigenvalue weighted by molar-refractivity contribution is 9.10. The van der Waals surface area contributed by atoms with Gasteiger partial charge in [0.2, 0.25) is 0 Å². The largest absolute Gasteiger partial charge is 0.507 e. The Hall–Kier alpha value is -1.11. The van der Waals surface area contributed by atoms with Gasteiger partial charge in [0.25, 0.3) is 5.91 Å². The van der Waals surface area contributed by atoms with Gasteiger partial charge in [-0.1, -0.05) is 0 Å². The van der Waals surface area contributed by atoms with Crippen molar-refractivity contribution < 1.29 is 20.1 Å². The molecule has 6 heteroatoms. The summed E-state index contributed by atoms with van der Waals surface area (Å²) in [4.78, 5) is 11.5. The molecule has 0 fully saturated rings. The van der Waals surface area contributed by atoms with Crippen molar-refractivity contribution in [1.29, 1.82) is 0 Å². The van der Waals surface area contributed by atoms with Crippen LogP contribution in [0.4, 0.5) is 0 Å². The van der Waals surface area contributed by atoms with Crippen LogP contribution >= 0.6 is 15.9 Å². The van der Waals surface area contributed by atoms with Crippen LogP contribution in [0.15, 0.2) is 22.7 Å². The van der Waals surface area contributed by atoms with Crippen LogP contribution in [0.25, 0.3) is 0 Å². The number of rotatable bonds is 4. The lowest BCUT2D eigenvalue weighted by atomic mass is 10.2. The third kappa shape index (κ3) is 3.48. The zero-order chi connectivity index (χ0) is 12.1. The summed E-state index contributed by atoms with van der Waals surface area (Å²) in [5.74, 6) is -0.453. The smallest absolute Gasteiger partial charge is 0.251 e. The molecule has 1 aromatic carbocycles. The Morgan fingerprint density at radius 1 is 1.50 bits per heavy atom. The van der Waals surface area contributed by atoms with Crippen LogP contribution in [0.1, 0.15) is 10.4 Å². The van der Waals surface area contributed by atoms with Crippen LogP contribution < -0.4 is 5.32 Å². The topological polar surface area (TPSA) is 89.8 Å². The fraction of sp³-hybridized carbons (Fsp3) is 0.300. The van der Waals surface area contributed by atoms with Gasteiger partial charge in [0.1, 0.15) is 5.75 Å². The first-order valence-electron chi connectivity index (χ1n) is 4.60. The minimum Gasteiger partial charge on any atom is -0.507 e.